The molecule has 0 aliphatic heterocycles. The van der Waals surface area contributed by atoms with Gasteiger partial charge in [-0.25, -0.2) is 9.36 Å². The summed E-state index contributed by atoms with van der Waals surface area (Å²) in [5, 5.41) is 17.5. The fraction of sp³-hybridized carbons (Fsp3) is 0.353. The second kappa shape index (κ2) is 8.12. The Labute approximate surface area is 130 Å². The van der Waals surface area contributed by atoms with Crippen LogP contribution in [0.3, 0.4) is 0 Å². The van der Waals surface area contributed by atoms with Gasteiger partial charge in [0.1, 0.15) is 6.54 Å². The van der Waals surface area contributed by atoms with Gasteiger partial charge in [-0.2, -0.15) is 0 Å². The summed E-state index contributed by atoms with van der Waals surface area (Å²) in [7, 11) is 0. The second-order valence-corrected chi connectivity index (χ2v) is 5.37. The highest BCUT2D eigenvalue weighted by molar-refractivity contribution is 5.90. The molecule has 5 heteroatoms. The minimum Gasteiger partial charge on any atom is -0.481 e. The van der Waals surface area contributed by atoms with E-state index in [4.69, 9.17) is 10.2 Å². The average Bonchev–Trinajstić information content (AvgIpc) is 2.49. The number of rotatable bonds is 4. The Morgan fingerprint density at radius 2 is 1.86 bits per heavy atom. The molecule has 2 N–H and O–H groups in total. The number of hydrogen-bond acceptors (Lipinski definition) is 2. The van der Waals surface area contributed by atoms with Crippen LogP contribution in [-0.2, 0) is 16.1 Å². The van der Waals surface area contributed by atoms with E-state index in [1.165, 1.54) is 31.6 Å². The fourth-order valence-electron chi connectivity index (χ4n) is 2.03. The molecule has 1 aliphatic rings. The van der Waals surface area contributed by atoms with Crippen molar-refractivity contribution in [2.75, 3.05) is 0 Å². The highest BCUT2D eigenvalue weighted by Crippen LogP contribution is 2.31. The molecule has 2 rings (SSSR count). The highest BCUT2D eigenvalue weighted by Gasteiger charge is 2.34. The smallest absolute Gasteiger partial charge is 0.331 e. The van der Waals surface area contributed by atoms with Crippen molar-refractivity contribution < 1.29 is 24.4 Å². The van der Waals surface area contributed by atoms with Gasteiger partial charge < -0.3 is 10.2 Å². The van der Waals surface area contributed by atoms with Gasteiger partial charge in [-0.3, -0.25) is 4.79 Å². The first-order chi connectivity index (χ1) is 10.4. The maximum atomic E-state index is 10.8. The number of hydrogen-bond donors (Lipinski definition) is 2. The van der Waals surface area contributed by atoms with Crippen molar-refractivity contribution in [3.05, 3.63) is 54.4 Å². The van der Waals surface area contributed by atoms with Crippen molar-refractivity contribution in [1.82, 2.24) is 0 Å². The molecule has 0 saturated heterocycles. The summed E-state index contributed by atoms with van der Waals surface area (Å²) in [6.07, 6.45) is 9.81. The zero-order chi connectivity index (χ0) is 16.6. The SMILES string of the molecule is CC1(C(=O)O)C=CC=C(C(=O)O)C1.CCC[n+]1ccccc1. The van der Waals surface area contributed by atoms with Crippen molar-refractivity contribution >= 4 is 11.9 Å². The summed E-state index contributed by atoms with van der Waals surface area (Å²) in [6, 6.07) is 6.14. The van der Waals surface area contributed by atoms with Crippen LogP contribution in [0.4, 0.5) is 0 Å². The lowest BCUT2D eigenvalue weighted by Crippen LogP contribution is -2.31. The Morgan fingerprint density at radius 3 is 2.36 bits per heavy atom. The van der Waals surface area contributed by atoms with Gasteiger partial charge in [0.2, 0.25) is 0 Å². The number of carbonyl (C=O) groups is 2. The van der Waals surface area contributed by atoms with Crippen molar-refractivity contribution in [2.45, 2.75) is 33.2 Å². The van der Waals surface area contributed by atoms with Crippen LogP contribution in [0, 0.1) is 5.41 Å². The van der Waals surface area contributed by atoms with Crippen LogP contribution in [0.15, 0.2) is 54.4 Å². The van der Waals surface area contributed by atoms with E-state index in [0.717, 1.165) is 6.54 Å². The molecule has 5 nitrogen and oxygen atoms in total. The van der Waals surface area contributed by atoms with Gasteiger partial charge in [-0.15, -0.1) is 0 Å². The van der Waals surface area contributed by atoms with Crippen LogP contribution in [0.2, 0.25) is 0 Å². The first-order valence-corrected chi connectivity index (χ1v) is 7.18. The van der Waals surface area contributed by atoms with Gasteiger partial charge in [0, 0.05) is 24.1 Å². The topological polar surface area (TPSA) is 78.5 Å². The lowest BCUT2D eigenvalue weighted by atomic mass is 9.80. The van der Waals surface area contributed by atoms with Crippen LogP contribution in [0.5, 0.6) is 0 Å². The Bertz CT molecular complexity index is 578. The van der Waals surface area contributed by atoms with E-state index in [0.29, 0.717) is 0 Å². The lowest BCUT2D eigenvalue weighted by Gasteiger charge is -2.23. The number of aromatic nitrogens is 1. The largest absolute Gasteiger partial charge is 0.481 e. The van der Waals surface area contributed by atoms with Gasteiger partial charge in [0.05, 0.1) is 5.41 Å². The number of carboxylic acid groups (broad SMARTS) is 2. The monoisotopic (exact) mass is 304 g/mol. The van der Waals surface area contributed by atoms with Crippen molar-refractivity contribution in [3.8, 4) is 0 Å². The van der Waals surface area contributed by atoms with Crippen LogP contribution >= 0.6 is 0 Å². The zero-order valence-corrected chi connectivity index (χ0v) is 12.9. The summed E-state index contributed by atoms with van der Waals surface area (Å²) in [6.45, 7) is 4.81. The number of nitrogens with zero attached hydrogens (tertiary/aromatic N) is 1. The van der Waals surface area contributed by atoms with Gasteiger partial charge >= 0.3 is 11.9 Å². The predicted octanol–water partition coefficient (Wildman–Crippen LogP) is 2.43. The van der Waals surface area contributed by atoms with Gasteiger partial charge in [0.15, 0.2) is 12.4 Å². The van der Waals surface area contributed by atoms with Gasteiger partial charge in [-0.05, 0) is 13.3 Å². The molecule has 118 valence electrons. The molecule has 1 aromatic heterocycles. The molecule has 22 heavy (non-hydrogen) atoms. The first kappa shape index (κ1) is 17.6. The zero-order valence-electron chi connectivity index (χ0n) is 12.9. The fourth-order valence-corrected chi connectivity index (χ4v) is 2.03. The lowest BCUT2D eigenvalue weighted by molar-refractivity contribution is -0.697. The summed E-state index contributed by atoms with van der Waals surface area (Å²) in [5.74, 6) is -2.06. The standard InChI is InChI=1S/C9H10O4.C8H12N/c1-9(8(12)13)4-2-3-6(5-9)7(10)11;1-2-6-9-7-4-3-5-8-9/h2-4H,5H2,1H3,(H,10,11)(H,12,13);3-5,7-8H,2,6H2,1H3/q;+1. The third kappa shape index (κ3) is 5.16. The van der Waals surface area contributed by atoms with Gasteiger partial charge in [-0.1, -0.05) is 31.2 Å². The molecule has 0 fully saturated rings. The summed E-state index contributed by atoms with van der Waals surface area (Å²) in [5.41, 5.74) is -0.949. The number of carboxylic acids is 2. The Kier molecular flexibility index (Phi) is 6.50. The molecule has 0 radical (unpaired) electrons. The van der Waals surface area contributed by atoms with E-state index >= 15 is 0 Å². The molecule has 1 unspecified atom stereocenters. The molecule has 0 amide bonds. The molecule has 0 spiro atoms. The van der Waals surface area contributed by atoms with E-state index in [9.17, 15) is 9.59 Å². The quantitative estimate of drug-likeness (QED) is 0.837. The van der Waals surface area contributed by atoms with E-state index in [-0.39, 0.29) is 12.0 Å². The number of allylic oxidation sites excluding steroid dienone is 2. The van der Waals surface area contributed by atoms with Crippen molar-refractivity contribution in [2.24, 2.45) is 5.41 Å². The normalized spacial score (nSPS) is 19.6. The predicted molar refractivity (Wildman–Crippen MR) is 82.1 cm³/mol. The summed E-state index contributed by atoms with van der Waals surface area (Å²) in [4.78, 5) is 21.3. The van der Waals surface area contributed by atoms with Crippen LogP contribution in [0.25, 0.3) is 0 Å². The molecule has 0 aromatic carbocycles. The first-order valence-electron chi connectivity index (χ1n) is 7.18. The summed E-state index contributed by atoms with van der Waals surface area (Å²) < 4.78 is 2.18. The van der Waals surface area contributed by atoms with Crippen LogP contribution in [0.1, 0.15) is 26.7 Å². The van der Waals surface area contributed by atoms with Crippen molar-refractivity contribution in [3.63, 3.8) is 0 Å². The molecular weight excluding hydrogens is 282 g/mol. The average molecular weight is 304 g/mol. The van der Waals surface area contributed by atoms with E-state index < -0.39 is 17.4 Å². The third-order valence-electron chi connectivity index (χ3n) is 3.34. The Balaban J connectivity index is 0.000000235. The molecule has 0 bridgehead atoms. The number of aryl methyl sites for hydroxylation is 1. The molecular formula is C17H22NO4+. The van der Waals surface area contributed by atoms with E-state index in [1.807, 2.05) is 6.07 Å². The number of aliphatic carboxylic acids is 2. The highest BCUT2D eigenvalue weighted by atomic mass is 16.4. The van der Waals surface area contributed by atoms with E-state index in [2.05, 4.69) is 36.0 Å². The maximum absolute atomic E-state index is 10.8. The minimum absolute atomic E-state index is 0.0359. The molecule has 1 aromatic rings. The molecule has 1 heterocycles. The van der Waals surface area contributed by atoms with Crippen LogP contribution < -0.4 is 4.57 Å². The second-order valence-electron chi connectivity index (χ2n) is 5.37. The minimum atomic E-state index is -1.08. The maximum Gasteiger partial charge on any atom is 0.331 e. The van der Waals surface area contributed by atoms with E-state index in [1.54, 1.807) is 0 Å². The van der Waals surface area contributed by atoms with Crippen LogP contribution in [-0.4, -0.2) is 22.2 Å². The molecule has 1 aliphatic carbocycles. The van der Waals surface area contributed by atoms with Gasteiger partial charge in [0.25, 0.3) is 0 Å². The molecule has 0 saturated carbocycles. The summed E-state index contributed by atoms with van der Waals surface area (Å²) >= 11 is 0. The Morgan fingerprint density at radius 1 is 1.23 bits per heavy atom. The number of pyridine rings is 1. The molecule has 1 atom stereocenters. The third-order valence-corrected chi connectivity index (χ3v) is 3.34. The van der Waals surface area contributed by atoms with Crippen molar-refractivity contribution in [1.29, 1.82) is 0 Å². The Hall–Kier alpha value is -2.43.